The molecule has 9 heteroatoms. The van der Waals surface area contributed by atoms with E-state index in [1.54, 1.807) is 13.8 Å². The normalized spacial score (nSPS) is 11.6. The van der Waals surface area contributed by atoms with Gasteiger partial charge < -0.3 is 10.4 Å². The van der Waals surface area contributed by atoms with E-state index in [9.17, 15) is 18.0 Å². The quantitative estimate of drug-likeness (QED) is 0.765. The summed E-state index contributed by atoms with van der Waals surface area (Å²) in [5, 5.41) is 12.9. The summed E-state index contributed by atoms with van der Waals surface area (Å²) in [4.78, 5) is 22.0. The maximum Gasteiger partial charge on any atom is 0.347 e. The Hall–Kier alpha value is -1.45. The molecule has 1 aromatic rings. The molecule has 0 saturated heterocycles. The van der Waals surface area contributed by atoms with E-state index in [4.69, 9.17) is 5.11 Å². The highest BCUT2D eigenvalue weighted by molar-refractivity contribution is 7.89. The van der Waals surface area contributed by atoms with Crippen LogP contribution < -0.4 is 5.32 Å². The molecule has 1 aromatic heterocycles. The van der Waals surface area contributed by atoms with Gasteiger partial charge in [0.05, 0.1) is 6.54 Å². The number of carboxylic acid groups (broad SMARTS) is 1. The minimum absolute atomic E-state index is 0.0778. The van der Waals surface area contributed by atoms with Gasteiger partial charge in [0, 0.05) is 13.1 Å². The molecule has 112 valence electrons. The third kappa shape index (κ3) is 3.56. The Balaban J connectivity index is 3.09. The van der Waals surface area contributed by atoms with Gasteiger partial charge in [-0.3, -0.25) is 4.79 Å². The fourth-order valence-corrected chi connectivity index (χ4v) is 4.21. The lowest BCUT2D eigenvalue weighted by atomic mass is 10.5. The van der Waals surface area contributed by atoms with E-state index < -0.39 is 21.9 Å². The lowest BCUT2D eigenvalue weighted by molar-refractivity contribution is -0.121. The van der Waals surface area contributed by atoms with E-state index in [2.05, 4.69) is 5.32 Å². The summed E-state index contributed by atoms with van der Waals surface area (Å²) in [6.45, 7) is 3.46. The Bertz CT molecular complexity index is 594. The molecule has 0 spiro atoms. The van der Waals surface area contributed by atoms with Crippen molar-refractivity contribution in [3.8, 4) is 0 Å². The molecular formula is C11H16N2O5S2. The number of hydrogen-bond acceptors (Lipinski definition) is 5. The van der Waals surface area contributed by atoms with Crippen molar-refractivity contribution in [3.05, 3.63) is 16.3 Å². The number of likely N-dealkylation sites (N-methyl/N-ethyl adjacent to an activating group) is 2. The van der Waals surface area contributed by atoms with Crippen molar-refractivity contribution in [2.75, 3.05) is 19.6 Å². The number of sulfonamides is 1. The van der Waals surface area contributed by atoms with Crippen molar-refractivity contribution in [2.24, 2.45) is 0 Å². The van der Waals surface area contributed by atoms with Gasteiger partial charge in [0.15, 0.2) is 0 Å². The molecule has 1 rings (SSSR count). The molecule has 0 aliphatic rings. The van der Waals surface area contributed by atoms with Gasteiger partial charge >= 0.3 is 5.97 Å². The first-order valence-corrected chi connectivity index (χ1v) is 8.24. The summed E-state index contributed by atoms with van der Waals surface area (Å²) in [6, 6.07) is 1.24. The van der Waals surface area contributed by atoms with Gasteiger partial charge in [-0.25, -0.2) is 13.2 Å². The molecule has 0 radical (unpaired) electrons. The van der Waals surface area contributed by atoms with Crippen molar-refractivity contribution in [3.63, 3.8) is 0 Å². The molecule has 0 aliphatic carbocycles. The Morgan fingerprint density at radius 1 is 1.40 bits per heavy atom. The predicted molar refractivity (Wildman–Crippen MR) is 74.4 cm³/mol. The topological polar surface area (TPSA) is 104 Å². The van der Waals surface area contributed by atoms with E-state index in [1.165, 1.54) is 11.4 Å². The summed E-state index contributed by atoms with van der Waals surface area (Å²) >= 11 is 0.836. The van der Waals surface area contributed by atoms with E-state index in [-0.39, 0.29) is 22.9 Å². The second-order valence-corrected chi connectivity index (χ2v) is 6.63. The van der Waals surface area contributed by atoms with Crippen molar-refractivity contribution in [2.45, 2.75) is 18.7 Å². The summed E-state index contributed by atoms with van der Waals surface area (Å²) < 4.78 is 25.7. The highest BCUT2D eigenvalue weighted by Crippen LogP contribution is 2.25. The number of carbonyl (C=O) groups is 2. The minimum Gasteiger partial charge on any atom is -0.477 e. The Morgan fingerprint density at radius 3 is 2.55 bits per heavy atom. The zero-order chi connectivity index (χ0) is 15.3. The van der Waals surface area contributed by atoms with Crippen molar-refractivity contribution >= 4 is 33.2 Å². The number of hydrogen-bond donors (Lipinski definition) is 2. The number of rotatable bonds is 7. The summed E-state index contributed by atoms with van der Waals surface area (Å²) in [5.74, 6) is -1.72. The van der Waals surface area contributed by atoms with E-state index in [0.29, 0.717) is 6.54 Å². The monoisotopic (exact) mass is 320 g/mol. The fraction of sp³-hybridized carbons (Fsp3) is 0.455. The second-order valence-electron chi connectivity index (χ2n) is 3.80. The van der Waals surface area contributed by atoms with Gasteiger partial charge in [-0.2, -0.15) is 4.31 Å². The molecule has 1 heterocycles. The lowest BCUT2D eigenvalue weighted by Gasteiger charge is -2.19. The summed E-state index contributed by atoms with van der Waals surface area (Å²) in [7, 11) is -3.99. The average Bonchev–Trinajstić information content (AvgIpc) is 2.86. The summed E-state index contributed by atoms with van der Waals surface area (Å²) in [6.07, 6.45) is 0. The zero-order valence-corrected chi connectivity index (χ0v) is 12.8. The molecular weight excluding hydrogens is 304 g/mol. The number of carboxylic acids is 1. The molecule has 0 atom stereocenters. The van der Waals surface area contributed by atoms with Crippen LogP contribution in [0.1, 0.15) is 23.5 Å². The summed E-state index contributed by atoms with van der Waals surface area (Å²) in [5.41, 5.74) is 0. The lowest BCUT2D eigenvalue weighted by Crippen LogP contribution is -2.40. The van der Waals surface area contributed by atoms with Crippen LogP contribution in [0.3, 0.4) is 0 Å². The largest absolute Gasteiger partial charge is 0.477 e. The Labute approximate surface area is 121 Å². The van der Waals surface area contributed by atoms with Gasteiger partial charge in [-0.05, 0) is 18.4 Å². The number of nitrogens with zero attached hydrogens (tertiary/aromatic N) is 1. The molecule has 0 aliphatic heterocycles. The molecule has 0 bridgehead atoms. The van der Waals surface area contributed by atoms with E-state index >= 15 is 0 Å². The van der Waals surface area contributed by atoms with Gasteiger partial charge in [0.1, 0.15) is 9.77 Å². The van der Waals surface area contributed by atoms with Gasteiger partial charge in [0.25, 0.3) is 0 Å². The minimum atomic E-state index is -3.99. The smallest absolute Gasteiger partial charge is 0.347 e. The van der Waals surface area contributed by atoms with E-state index in [1.807, 2.05) is 0 Å². The van der Waals surface area contributed by atoms with Gasteiger partial charge in [-0.1, -0.05) is 6.92 Å². The highest BCUT2D eigenvalue weighted by Gasteiger charge is 2.30. The van der Waals surface area contributed by atoms with Gasteiger partial charge in [0.2, 0.25) is 15.9 Å². The van der Waals surface area contributed by atoms with Gasteiger partial charge in [-0.15, -0.1) is 11.3 Å². The average molecular weight is 320 g/mol. The fourth-order valence-electron chi connectivity index (χ4n) is 1.58. The Kier molecular flexibility index (Phi) is 5.66. The first kappa shape index (κ1) is 16.6. The highest BCUT2D eigenvalue weighted by atomic mass is 32.2. The number of carbonyl (C=O) groups excluding carboxylic acids is 1. The maximum atomic E-state index is 12.4. The predicted octanol–water partition coefficient (Wildman–Crippen LogP) is 0.593. The molecule has 0 saturated carbocycles. The van der Waals surface area contributed by atoms with Crippen LogP contribution in [-0.4, -0.2) is 49.3 Å². The SMILES string of the molecule is CCNC(=O)CN(CC)S(=O)(=O)c1ccsc1C(=O)O. The third-order valence-electron chi connectivity index (χ3n) is 2.49. The molecule has 20 heavy (non-hydrogen) atoms. The van der Waals surface area contributed by atoms with Crippen molar-refractivity contribution in [1.29, 1.82) is 0 Å². The first-order valence-electron chi connectivity index (χ1n) is 5.92. The van der Waals surface area contributed by atoms with Crippen LogP contribution in [0, 0.1) is 0 Å². The van der Waals surface area contributed by atoms with Crippen LogP contribution in [0.2, 0.25) is 0 Å². The van der Waals surface area contributed by atoms with E-state index in [0.717, 1.165) is 15.6 Å². The van der Waals surface area contributed by atoms with Crippen LogP contribution in [0.5, 0.6) is 0 Å². The molecule has 2 N–H and O–H groups in total. The number of thiophene rings is 1. The number of aromatic carboxylic acids is 1. The van der Waals surface area contributed by atoms with Crippen LogP contribution in [0.15, 0.2) is 16.3 Å². The zero-order valence-electron chi connectivity index (χ0n) is 11.1. The van der Waals surface area contributed by atoms with Crippen LogP contribution in [0.25, 0.3) is 0 Å². The van der Waals surface area contributed by atoms with Crippen LogP contribution in [0.4, 0.5) is 0 Å². The molecule has 0 fully saturated rings. The molecule has 1 amide bonds. The maximum absolute atomic E-state index is 12.4. The second kappa shape index (κ2) is 6.82. The van der Waals surface area contributed by atoms with Crippen LogP contribution >= 0.6 is 11.3 Å². The van der Waals surface area contributed by atoms with Crippen molar-refractivity contribution < 1.29 is 23.1 Å². The van der Waals surface area contributed by atoms with Crippen molar-refractivity contribution in [1.82, 2.24) is 9.62 Å². The Morgan fingerprint density at radius 2 is 2.05 bits per heavy atom. The van der Waals surface area contributed by atoms with Crippen LogP contribution in [-0.2, 0) is 14.8 Å². The molecule has 0 unspecified atom stereocenters. The third-order valence-corrected chi connectivity index (χ3v) is 5.48. The molecule has 7 nitrogen and oxygen atoms in total. The number of nitrogens with one attached hydrogen (secondary N) is 1. The molecule has 0 aromatic carbocycles. The standard InChI is InChI=1S/C11H16N2O5S2/c1-3-12-9(14)7-13(4-2)20(17,18)8-5-6-19-10(8)11(15)16/h5-6H,3-4,7H2,1-2H3,(H,12,14)(H,15,16). The first-order chi connectivity index (χ1) is 9.34. The number of amides is 1.